The fraction of sp³-hybridized carbons (Fsp3) is 0.588. The minimum Gasteiger partial charge on any atom is -0.358 e. The van der Waals surface area contributed by atoms with Crippen molar-refractivity contribution < 1.29 is 22.0 Å². The van der Waals surface area contributed by atoms with Gasteiger partial charge in [0, 0.05) is 23.2 Å². The molecule has 0 bridgehead atoms. The number of hydrogen-bond acceptors (Lipinski definition) is 3. The highest BCUT2D eigenvalue weighted by Gasteiger charge is 2.48. The van der Waals surface area contributed by atoms with Crippen LogP contribution in [0.25, 0.3) is 11.0 Å². The van der Waals surface area contributed by atoms with Gasteiger partial charge in [0.1, 0.15) is 5.65 Å². The summed E-state index contributed by atoms with van der Waals surface area (Å²) in [5, 5.41) is 0.268. The van der Waals surface area contributed by atoms with Crippen LogP contribution >= 0.6 is 0 Å². The molecular weight excluding hydrogens is 355 g/mol. The average molecular weight is 374 g/mol. The molecule has 0 aromatic carbocycles. The first-order chi connectivity index (χ1) is 12.1. The first-order valence-electron chi connectivity index (χ1n) is 8.54. The normalized spacial score (nSPS) is 22.0. The van der Waals surface area contributed by atoms with Gasteiger partial charge >= 0.3 is 6.18 Å². The van der Waals surface area contributed by atoms with Crippen molar-refractivity contribution in [3.05, 3.63) is 23.5 Å². The summed E-state index contributed by atoms with van der Waals surface area (Å²) in [7, 11) is 2.03. The van der Waals surface area contributed by atoms with Crippen LogP contribution in [-0.2, 0) is 6.18 Å². The third-order valence-electron chi connectivity index (χ3n) is 5.28. The number of aromatic amines is 1. The topological polar surface area (TPSA) is 35.2 Å². The van der Waals surface area contributed by atoms with Crippen LogP contribution in [0.3, 0.4) is 0 Å². The predicted molar refractivity (Wildman–Crippen MR) is 87.7 cm³/mol. The summed E-state index contributed by atoms with van der Waals surface area (Å²) in [4.78, 5) is 10.3. The number of alkyl halides is 5. The molecule has 0 saturated carbocycles. The molecular formula is C17H19F5N4. The minimum absolute atomic E-state index is 0.191. The van der Waals surface area contributed by atoms with Gasteiger partial charge in [-0.25, -0.2) is 13.8 Å². The molecule has 4 nitrogen and oxygen atoms in total. The summed E-state index contributed by atoms with van der Waals surface area (Å²) in [6, 6.07) is 1.67. The van der Waals surface area contributed by atoms with Gasteiger partial charge in [-0.1, -0.05) is 0 Å². The van der Waals surface area contributed by atoms with E-state index in [9.17, 15) is 22.0 Å². The second-order valence-corrected chi connectivity index (χ2v) is 7.29. The number of nitrogens with zero attached hydrogens (tertiary/aromatic N) is 3. The largest absolute Gasteiger partial charge is 0.419 e. The Hall–Kier alpha value is -1.90. The zero-order valence-electron chi connectivity index (χ0n) is 14.2. The Balaban J connectivity index is 1.77. The molecule has 2 aromatic rings. The number of hydrogen-bond donors (Lipinski definition) is 1. The first kappa shape index (κ1) is 17.5. The fourth-order valence-corrected chi connectivity index (χ4v) is 3.84. The lowest BCUT2D eigenvalue weighted by molar-refractivity contribution is -0.137. The second kappa shape index (κ2) is 5.80. The monoisotopic (exact) mass is 374 g/mol. The SMILES string of the molecule is CN1CCC(c2cc3c(N4CC(F)(F)C4)c(C(F)(F)F)cnc3[nH]2)CC1. The van der Waals surface area contributed by atoms with Crippen LogP contribution in [-0.4, -0.2) is 54.0 Å². The standard InChI is InChI=1S/C17H19F5N4/c1-25-4-2-10(3-5-25)13-6-11-14(26-8-16(18,19)9-26)12(17(20,21)22)7-23-15(11)24-13/h6-7,10H,2-5,8-9H2,1H3,(H,23,24). The number of nitrogens with one attached hydrogen (secondary N) is 1. The lowest BCUT2D eigenvalue weighted by Gasteiger charge is -2.41. The Labute approximate surface area is 147 Å². The van der Waals surface area contributed by atoms with Crippen molar-refractivity contribution >= 4 is 16.7 Å². The highest BCUT2D eigenvalue weighted by Crippen LogP contribution is 2.45. The lowest BCUT2D eigenvalue weighted by Crippen LogP contribution is -2.56. The molecule has 2 aliphatic rings. The molecule has 0 unspecified atom stereocenters. The van der Waals surface area contributed by atoms with E-state index in [1.54, 1.807) is 6.07 Å². The molecule has 2 saturated heterocycles. The van der Waals surface area contributed by atoms with E-state index in [1.165, 1.54) is 0 Å². The molecule has 0 radical (unpaired) electrons. The molecule has 4 rings (SSSR count). The van der Waals surface area contributed by atoms with Crippen molar-refractivity contribution in [3.63, 3.8) is 0 Å². The van der Waals surface area contributed by atoms with E-state index < -0.39 is 30.8 Å². The number of anilines is 1. The second-order valence-electron chi connectivity index (χ2n) is 7.29. The third kappa shape index (κ3) is 3.02. The van der Waals surface area contributed by atoms with E-state index in [2.05, 4.69) is 14.9 Å². The fourth-order valence-electron chi connectivity index (χ4n) is 3.84. The number of piperidine rings is 1. The maximum absolute atomic E-state index is 13.4. The molecule has 142 valence electrons. The van der Waals surface area contributed by atoms with Crippen molar-refractivity contribution in [2.75, 3.05) is 38.1 Å². The number of aromatic nitrogens is 2. The summed E-state index contributed by atoms with van der Waals surface area (Å²) in [5.74, 6) is -2.74. The van der Waals surface area contributed by atoms with Gasteiger partial charge in [-0.15, -0.1) is 0 Å². The van der Waals surface area contributed by atoms with Crippen LogP contribution in [0.5, 0.6) is 0 Å². The Bertz CT molecular complexity index is 812. The van der Waals surface area contributed by atoms with Crippen molar-refractivity contribution in [1.82, 2.24) is 14.9 Å². The lowest BCUT2D eigenvalue weighted by atomic mass is 9.93. The molecule has 0 amide bonds. The number of halogens is 5. The Morgan fingerprint density at radius 3 is 2.42 bits per heavy atom. The number of likely N-dealkylation sites (tertiary alicyclic amines) is 1. The molecule has 2 aliphatic heterocycles. The summed E-state index contributed by atoms with van der Waals surface area (Å²) in [5.41, 5.74) is -0.0103. The van der Waals surface area contributed by atoms with Crippen molar-refractivity contribution in [1.29, 1.82) is 0 Å². The maximum Gasteiger partial charge on any atom is 0.419 e. The molecule has 2 aromatic heterocycles. The number of fused-ring (bicyclic) bond motifs is 1. The van der Waals surface area contributed by atoms with Gasteiger partial charge in [0.2, 0.25) is 0 Å². The smallest absolute Gasteiger partial charge is 0.358 e. The molecule has 0 aliphatic carbocycles. The number of H-pyrrole nitrogens is 1. The summed E-state index contributed by atoms with van der Waals surface area (Å²) >= 11 is 0. The van der Waals surface area contributed by atoms with Gasteiger partial charge < -0.3 is 14.8 Å². The van der Waals surface area contributed by atoms with Crippen LogP contribution in [0.15, 0.2) is 12.3 Å². The van der Waals surface area contributed by atoms with Crippen molar-refractivity contribution in [3.8, 4) is 0 Å². The van der Waals surface area contributed by atoms with Gasteiger partial charge in [-0.3, -0.25) is 0 Å². The van der Waals surface area contributed by atoms with Crippen LogP contribution in [0.1, 0.15) is 30.0 Å². The molecule has 9 heteroatoms. The maximum atomic E-state index is 13.4. The van der Waals surface area contributed by atoms with Crippen molar-refractivity contribution in [2.45, 2.75) is 30.9 Å². The van der Waals surface area contributed by atoms with E-state index >= 15 is 0 Å². The highest BCUT2D eigenvalue weighted by atomic mass is 19.4. The van der Waals surface area contributed by atoms with E-state index in [1.807, 2.05) is 7.05 Å². The summed E-state index contributed by atoms with van der Waals surface area (Å²) < 4.78 is 66.8. The van der Waals surface area contributed by atoms with E-state index in [0.29, 0.717) is 5.65 Å². The van der Waals surface area contributed by atoms with E-state index in [0.717, 1.165) is 42.7 Å². The molecule has 26 heavy (non-hydrogen) atoms. The molecule has 1 N–H and O–H groups in total. The Morgan fingerprint density at radius 1 is 1.19 bits per heavy atom. The van der Waals surface area contributed by atoms with Crippen LogP contribution < -0.4 is 4.90 Å². The van der Waals surface area contributed by atoms with Crippen molar-refractivity contribution in [2.24, 2.45) is 0 Å². The Morgan fingerprint density at radius 2 is 1.85 bits per heavy atom. The number of rotatable bonds is 2. The van der Waals surface area contributed by atoms with Gasteiger partial charge in [0.15, 0.2) is 0 Å². The van der Waals surface area contributed by atoms with Gasteiger partial charge in [0.25, 0.3) is 5.92 Å². The average Bonchev–Trinajstić information content (AvgIpc) is 2.95. The van der Waals surface area contributed by atoms with Gasteiger partial charge in [-0.05, 0) is 39.0 Å². The van der Waals surface area contributed by atoms with Gasteiger partial charge in [-0.2, -0.15) is 13.2 Å². The summed E-state index contributed by atoms with van der Waals surface area (Å²) in [6.07, 6.45) is -2.12. The predicted octanol–water partition coefficient (Wildman–Crippen LogP) is 3.85. The van der Waals surface area contributed by atoms with Crippen LogP contribution in [0.4, 0.5) is 27.6 Å². The summed E-state index contributed by atoms with van der Waals surface area (Å²) in [6.45, 7) is 0.410. The molecule has 2 fully saturated rings. The minimum atomic E-state index is -4.65. The zero-order valence-corrected chi connectivity index (χ0v) is 14.2. The van der Waals surface area contributed by atoms with E-state index in [4.69, 9.17) is 0 Å². The molecule has 4 heterocycles. The Kier molecular flexibility index (Phi) is 3.91. The molecule has 0 spiro atoms. The highest BCUT2D eigenvalue weighted by molar-refractivity contribution is 5.93. The quantitative estimate of drug-likeness (QED) is 0.811. The van der Waals surface area contributed by atoms with E-state index in [-0.39, 0.29) is 17.0 Å². The van der Waals surface area contributed by atoms with Crippen LogP contribution in [0, 0.1) is 0 Å². The first-order valence-corrected chi connectivity index (χ1v) is 8.54. The third-order valence-corrected chi connectivity index (χ3v) is 5.28. The zero-order chi connectivity index (χ0) is 18.7. The molecule has 0 atom stereocenters. The van der Waals surface area contributed by atoms with Gasteiger partial charge in [0.05, 0.1) is 24.3 Å². The van der Waals surface area contributed by atoms with Crippen LogP contribution in [0.2, 0.25) is 0 Å². The number of pyridine rings is 1.